The van der Waals surface area contributed by atoms with Crippen molar-refractivity contribution in [1.29, 1.82) is 0 Å². The van der Waals surface area contributed by atoms with Crippen molar-refractivity contribution in [2.24, 2.45) is 28.1 Å². The van der Waals surface area contributed by atoms with Crippen LogP contribution in [0.3, 0.4) is 0 Å². The Morgan fingerprint density at radius 3 is 2.56 bits per heavy atom. The van der Waals surface area contributed by atoms with Crippen LogP contribution < -0.4 is 0 Å². The molecule has 0 aromatic carbocycles. The highest BCUT2D eigenvalue weighted by Gasteiger charge is 2.65. The topological polar surface area (TPSA) is 87.0 Å². The lowest BCUT2D eigenvalue weighted by Gasteiger charge is -2.65. The Kier molecular flexibility index (Phi) is 5.28. The third-order valence-corrected chi connectivity index (χ3v) is 8.54. The van der Waals surface area contributed by atoms with Crippen LogP contribution in [0.2, 0.25) is 0 Å². The highest BCUT2D eigenvalue weighted by atomic mass is 16.5. The number of fused-ring (bicyclic) bond motifs is 3. The van der Waals surface area contributed by atoms with Gasteiger partial charge in [-0.1, -0.05) is 32.9 Å². The van der Waals surface area contributed by atoms with E-state index in [-0.39, 0.29) is 35.9 Å². The number of carbonyl (C=O) groups is 1. The molecule has 3 fully saturated rings. The van der Waals surface area contributed by atoms with Crippen molar-refractivity contribution in [3.63, 3.8) is 0 Å². The van der Waals surface area contributed by atoms with E-state index in [0.29, 0.717) is 6.42 Å². The zero-order valence-electron chi connectivity index (χ0n) is 17.2. The van der Waals surface area contributed by atoms with Crippen molar-refractivity contribution < 1.29 is 24.9 Å². The van der Waals surface area contributed by atoms with Crippen LogP contribution in [-0.4, -0.2) is 46.2 Å². The molecule has 8 unspecified atom stereocenters. The third kappa shape index (κ3) is 3.06. The first-order valence-electron chi connectivity index (χ1n) is 10.3. The number of hydrogen-bond donors (Lipinski definition) is 3. The number of rotatable bonds is 3. The van der Waals surface area contributed by atoms with Crippen molar-refractivity contribution in [3.05, 3.63) is 12.2 Å². The fourth-order valence-corrected chi connectivity index (χ4v) is 6.80. The minimum Gasteiger partial charge on any atom is -0.462 e. The van der Waals surface area contributed by atoms with Gasteiger partial charge >= 0.3 is 5.97 Å². The Morgan fingerprint density at radius 1 is 1.30 bits per heavy atom. The maximum absolute atomic E-state index is 11.8. The monoisotopic (exact) mass is 380 g/mol. The first kappa shape index (κ1) is 20.8. The summed E-state index contributed by atoms with van der Waals surface area (Å²) in [6.45, 7) is 11.8. The summed E-state index contributed by atoms with van der Waals surface area (Å²) in [6.07, 6.45) is 3.01. The first-order chi connectivity index (χ1) is 12.5. The molecule has 0 aromatic rings. The fourth-order valence-electron chi connectivity index (χ4n) is 6.80. The quantitative estimate of drug-likeness (QED) is 0.518. The van der Waals surface area contributed by atoms with Gasteiger partial charge < -0.3 is 20.1 Å². The molecule has 3 rings (SSSR count). The van der Waals surface area contributed by atoms with E-state index >= 15 is 0 Å². The molecule has 3 aliphatic carbocycles. The van der Waals surface area contributed by atoms with Crippen LogP contribution in [-0.2, 0) is 9.53 Å². The van der Waals surface area contributed by atoms with E-state index in [1.165, 1.54) is 12.5 Å². The molecule has 0 bridgehead atoms. The van der Waals surface area contributed by atoms with Crippen molar-refractivity contribution >= 4 is 5.97 Å². The molecule has 0 radical (unpaired) electrons. The van der Waals surface area contributed by atoms with Crippen LogP contribution in [0.15, 0.2) is 12.2 Å². The van der Waals surface area contributed by atoms with Crippen LogP contribution in [0.25, 0.3) is 0 Å². The third-order valence-electron chi connectivity index (χ3n) is 8.54. The average molecular weight is 381 g/mol. The van der Waals surface area contributed by atoms with Crippen molar-refractivity contribution in [2.75, 3.05) is 6.61 Å². The normalized spacial score (nSPS) is 48.3. The van der Waals surface area contributed by atoms with E-state index in [9.17, 15) is 20.1 Å². The summed E-state index contributed by atoms with van der Waals surface area (Å²) in [5.74, 6) is -0.0550. The van der Waals surface area contributed by atoms with Gasteiger partial charge in [-0.15, -0.1) is 0 Å². The summed E-state index contributed by atoms with van der Waals surface area (Å²) in [7, 11) is 0. The number of hydrogen-bond acceptors (Lipinski definition) is 5. The molecule has 8 atom stereocenters. The second-order valence-corrected chi connectivity index (χ2v) is 10.1. The molecule has 0 aromatic heterocycles. The fraction of sp³-hybridized carbons (Fsp3) is 0.864. The van der Waals surface area contributed by atoms with Gasteiger partial charge in [-0.3, -0.25) is 4.79 Å². The van der Waals surface area contributed by atoms with Gasteiger partial charge in [0.25, 0.3) is 0 Å². The van der Waals surface area contributed by atoms with E-state index in [1.807, 2.05) is 6.92 Å². The highest BCUT2D eigenvalue weighted by molar-refractivity contribution is 5.66. The van der Waals surface area contributed by atoms with Gasteiger partial charge in [0.2, 0.25) is 0 Å². The van der Waals surface area contributed by atoms with Gasteiger partial charge in [0, 0.05) is 18.3 Å². The molecule has 27 heavy (non-hydrogen) atoms. The predicted octanol–water partition coefficient (Wildman–Crippen LogP) is 2.82. The molecule has 3 aliphatic rings. The zero-order valence-corrected chi connectivity index (χ0v) is 17.2. The summed E-state index contributed by atoms with van der Waals surface area (Å²) in [6, 6.07) is 0. The van der Waals surface area contributed by atoms with E-state index in [4.69, 9.17) is 4.74 Å². The SMILES string of the molecule is C=C1CCC(OC(C)=O)C2C1(C)CCC1CC(C)(C(O)CO)CC(O)C12C. The van der Waals surface area contributed by atoms with Crippen molar-refractivity contribution in [3.8, 4) is 0 Å². The Bertz CT molecular complexity index is 618. The largest absolute Gasteiger partial charge is 0.462 e. The summed E-state index contributed by atoms with van der Waals surface area (Å²) in [5.41, 5.74) is 0.125. The molecule has 5 heteroatoms. The first-order valence-corrected chi connectivity index (χ1v) is 10.3. The van der Waals surface area contributed by atoms with Crippen LogP contribution >= 0.6 is 0 Å². The predicted molar refractivity (Wildman–Crippen MR) is 103 cm³/mol. The van der Waals surface area contributed by atoms with Gasteiger partial charge in [0.15, 0.2) is 0 Å². The lowest BCUT2D eigenvalue weighted by atomic mass is 9.40. The van der Waals surface area contributed by atoms with Crippen LogP contribution in [0.4, 0.5) is 0 Å². The smallest absolute Gasteiger partial charge is 0.302 e. The Morgan fingerprint density at radius 2 is 1.96 bits per heavy atom. The Labute approximate surface area is 162 Å². The van der Waals surface area contributed by atoms with E-state index in [2.05, 4.69) is 20.4 Å². The Balaban J connectivity index is 2.02. The van der Waals surface area contributed by atoms with Gasteiger partial charge in [0.05, 0.1) is 18.8 Å². The molecule has 0 heterocycles. The summed E-state index contributed by atoms with van der Waals surface area (Å²) < 4.78 is 5.78. The number of aliphatic hydroxyl groups excluding tert-OH is 3. The van der Waals surface area contributed by atoms with E-state index in [0.717, 1.165) is 32.1 Å². The zero-order chi connectivity index (χ0) is 20.2. The highest BCUT2D eigenvalue weighted by Crippen LogP contribution is 2.67. The number of esters is 1. The number of carbonyl (C=O) groups excluding carboxylic acids is 1. The van der Waals surface area contributed by atoms with Gasteiger partial charge in [-0.2, -0.15) is 0 Å². The van der Waals surface area contributed by atoms with Crippen LogP contribution in [0, 0.1) is 28.1 Å². The van der Waals surface area contributed by atoms with Crippen LogP contribution in [0.1, 0.15) is 66.2 Å². The summed E-state index contributed by atoms with van der Waals surface area (Å²) in [5, 5.41) is 31.3. The minimum absolute atomic E-state index is 0.0136. The molecule has 3 N–H and O–H groups in total. The molecule has 0 saturated heterocycles. The molecule has 0 aliphatic heterocycles. The van der Waals surface area contributed by atoms with Gasteiger partial charge in [-0.25, -0.2) is 0 Å². The second-order valence-electron chi connectivity index (χ2n) is 10.1. The lowest BCUT2D eigenvalue weighted by molar-refractivity contribution is -0.223. The standard InChI is InChI=1S/C22H36O5/c1-13-6-7-16(27-14(2)24)19-21(13,4)9-8-15-10-20(3,18(26)12-23)11-17(25)22(15,19)5/h15-19,23,25-26H,1,6-12H2,2-5H3. The molecule has 5 nitrogen and oxygen atoms in total. The summed E-state index contributed by atoms with van der Waals surface area (Å²) in [4.78, 5) is 11.8. The van der Waals surface area contributed by atoms with Crippen molar-refractivity contribution in [1.82, 2.24) is 0 Å². The van der Waals surface area contributed by atoms with Crippen LogP contribution in [0.5, 0.6) is 0 Å². The molecule has 0 amide bonds. The molecular weight excluding hydrogens is 344 g/mol. The van der Waals surface area contributed by atoms with Crippen molar-refractivity contribution in [2.45, 2.75) is 84.5 Å². The number of aliphatic hydroxyl groups is 3. The molecule has 3 saturated carbocycles. The molecule has 0 spiro atoms. The lowest BCUT2D eigenvalue weighted by Crippen LogP contribution is -2.65. The summed E-state index contributed by atoms with van der Waals surface area (Å²) >= 11 is 0. The number of allylic oxidation sites excluding steroid dienone is 1. The second kappa shape index (κ2) is 6.85. The van der Waals surface area contributed by atoms with E-state index in [1.54, 1.807) is 0 Å². The Hall–Kier alpha value is -0.910. The molecular formula is C22H36O5. The average Bonchev–Trinajstić information content (AvgIpc) is 2.58. The van der Waals surface area contributed by atoms with Gasteiger partial charge in [0.1, 0.15) is 6.10 Å². The minimum atomic E-state index is -0.837. The number of ether oxygens (including phenoxy) is 1. The van der Waals surface area contributed by atoms with Gasteiger partial charge in [-0.05, 0) is 55.3 Å². The maximum atomic E-state index is 11.8. The maximum Gasteiger partial charge on any atom is 0.302 e. The van der Waals surface area contributed by atoms with E-state index < -0.39 is 23.0 Å². The molecule has 154 valence electrons.